The van der Waals surface area contributed by atoms with E-state index in [0.717, 1.165) is 0 Å². The van der Waals surface area contributed by atoms with Crippen LogP contribution in [0.15, 0.2) is 18.2 Å². The molecule has 0 N–H and O–H groups in total. The lowest BCUT2D eigenvalue weighted by Gasteiger charge is -2.22. The zero-order valence-electron chi connectivity index (χ0n) is 10.3. The van der Waals surface area contributed by atoms with E-state index in [1.807, 2.05) is 13.8 Å². The molecule has 0 heterocycles. The van der Waals surface area contributed by atoms with Crippen molar-refractivity contribution in [1.82, 2.24) is 0 Å². The number of halogens is 1. The topological polar surface area (TPSA) is 42.2 Å². The number of ether oxygens (including phenoxy) is 2. The molecular weight excluding hydrogens is 221 g/mol. The van der Waals surface area contributed by atoms with Crippen LogP contribution in [-0.4, -0.2) is 19.3 Å². The standard InChI is InChI=1S/C13H16FNO2/c1-13(2,16-3)7-8-17-12-6-4-5-11(14)10(12)9-15/h4-6H,7-8H2,1-3H3. The second-order valence-corrected chi connectivity index (χ2v) is 4.29. The molecule has 0 spiro atoms. The molecule has 0 atom stereocenters. The van der Waals surface area contributed by atoms with E-state index in [-0.39, 0.29) is 16.9 Å². The van der Waals surface area contributed by atoms with Gasteiger partial charge in [-0.2, -0.15) is 5.26 Å². The number of hydrogen-bond acceptors (Lipinski definition) is 3. The molecule has 0 fully saturated rings. The molecule has 4 heteroatoms. The molecule has 0 saturated carbocycles. The molecule has 0 aromatic heterocycles. The van der Waals surface area contributed by atoms with Crippen LogP contribution in [-0.2, 0) is 4.74 Å². The van der Waals surface area contributed by atoms with Gasteiger partial charge in [0.15, 0.2) is 0 Å². The summed E-state index contributed by atoms with van der Waals surface area (Å²) in [5.41, 5.74) is -0.345. The van der Waals surface area contributed by atoms with Gasteiger partial charge in [-0.25, -0.2) is 4.39 Å². The van der Waals surface area contributed by atoms with Gasteiger partial charge in [0.25, 0.3) is 0 Å². The highest BCUT2D eigenvalue weighted by molar-refractivity contribution is 5.43. The zero-order valence-corrected chi connectivity index (χ0v) is 10.3. The Kier molecular flexibility index (Phi) is 4.47. The molecule has 0 aliphatic rings. The zero-order chi connectivity index (χ0) is 12.9. The molecule has 3 nitrogen and oxygen atoms in total. The molecular formula is C13H16FNO2. The van der Waals surface area contributed by atoms with Crippen LogP contribution in [0.1, 0.15) is 25.8 Å². The van der Waals surface area contributed by atoms with Crippen molar-refractivity contribution in [2.45, 2.75) is 25.9 Å². The van der Waals surface area contributed by atoms with Gasteiger partial charge in [-0.05, 0) is 26.0 Å². The van der Waals surface area contributed by atoms with Crippen LogP contribution in [0.4, 0.5) is 4.39 Å². The van der Waals surface area contributed by atoms with Crippen LogP contribution in [0.3, 0.4) is 0 Å². The van der Waals surface area contributed by atoms with E-state index in [0.29, 0.717) is 13.0 Å². The lowest BCUT2D eigenvalue weighted by Crippen LogP contribution is -2.25. The van der Waals surface area contributed by atoms with Crippen molar-refractivity contribution in [3.05, 3.63) is 29.6 Å². The summed E-state index contributed by atoms with van der Waals surface area (Å²) < 4.78 is 23.9. The fraction of sp³-hybridized carbons (Fsp3) is 0.462. The molecule has 0 bridgehead atoms. The van der Waals surface area contributed by atoms with Crippen molar-refractivity contribution >= 4 is 0 Å². The number of benzene rings is 1. The van der Waals surface area contributed by atoms with Crippen LogP contribution < -0.4 is 4.74 Å². The van der Waals surface area contributed by atoms with Gasteiger partial charge in [-0.3, -0.25) is 0 Å². The number of methoxy groups -OCH3 is 1. The number of rotatable bonds is 5. The van der Waals surface area contributed by atoms with Crippen molar-refractivity contribution in [2.24, 2.45) is 0 Å². The molecule has 1 rings (SSSR count). The van der Waals surface area contributed by atoms with E-state index in [1.165, 1.54) is 12.1 Å². The van der Waals surface area contributed by atoms with E-state index in [2.05, 4.69) is 0 Å². The molecule has 0 aliphatic carbocycles. The van der Waals surface area contributed by atoms with E-state index < -0.39 is 5.82 Å². The molecule has 0 aliphatic heterocycles. The van der Waals surface area contributed by atoms with Gasteiger partial charge in [0, 0.05) is 13.5 Å². The van der Waals surface area contributed by atoms with Crippen LogP contribution in [0.2, 0.25) is 0 Å². The van der Waals surface area contributed by atoms with E-state index >= 15 is 0 Å². The molecule has 0 saturated heterocycles. The average molecular weight is 237 g/mol. The third-order valence-corrected chi connectivity index (χ3v) is 2.60. The average Bonchev–Trinajstić information content (AvgIpc) is 2.29. The fourth-order valence-electron chi connectivity index (χ4n) is 1.24. The van der Waals surface area contributed by atoms with Gasteiger partial charge >= 0.3 is 0 Å². The third kappa shape index (κ3) is 3.72. The first-order valence-corrected chi connectivity index (χ1v) is 5.37. The van der Waals surface area contributed by atoms with Crippen molar-refractivity contribution in [3.8, 4) is 11.8 Å². The predicted octanol–water partition coefficient (Wildman–Crippen LogP) is 2.89. The van der Waals surface area contributed by atoms with Crippen molar-refractivity contribution in [2.75, 3.05) is 13.7 Å². The highest BCUT2D eigenvalue weighted by Crippen LogP contribution is 2.21. The quantitative estimate of drug-likeness (QED) is 0.790. The lowest BCUT2D eigenvalue weighted by atomic mass is 10.1. The highest BCUT2D eigenvalue weighted by atomic mass is 19.1. The Morgan fingerprint density at radius 2 is 2.12 bits per heavy atom. The van der Waals surface area contributed by atoms with E-state index in [1.54, 1.807) is 19.2 Å². The summed E-state index contributed by atoms with van der Waals surface area (Å²) in [6.07, 6.45) is 0.658. The van der Waals surface area contributed by atoms with Gasteiger partial charge in [-0.15, -0.1) is 0 Å². The van der Waals surface area contributed by atoms with Gasteiger partial charge < -0.3 is 9.47 Å². The molecule has 0 unspecified atom stereocenters. The monoisotopic (exact) mass is 237 g/mol. The summed E-state index contributed by atoms with van der Waals surface area (Å²) in [7, 11) is 1.63. The Bertz CT molecular complexity index is 424. The van der Waals surface area contributed by atoms with Gasteiger partial charge in [-0.1, -0.05) is 6.07 Å². The number of nitrogens with zero attached hydrogens (tertiary/aromatic N) is 1. The van der Waals surface area contributed by atoms with Gasteiger partial charge in [0.2, 0.25) is 0 Å². The molecule has 1 aromatic carbocycles. The van der Waals surface area contributed by atoms with E-state index in [4.69, 9.17) is 14.7 Å². The normalized spacial score (nSPS) is 11.0. The largest absolute Gasteiger partial charge is 0.492 e. The smallest absolute Gasteiger partial charge is 0.144 e. The fourth-order valence-corrected chi connectivity index (χ4v) is 1.24. The highest BCUT2D eigenvalue weighted by Gasteiger charge is 2.17. The second-order valence-electron chi connectivity index (χ2n) is 4.29. The maximum absolute atomic E-state index is 13.3. The number of hydrogen-bond donors (Lipinski definition) is 0. The van der Waals surface area contributed by atoms with Crippen LogP contribution in [0.5, 0.6) is 5.75 Å². The Morgan fingerprint density at radius 1 is 1.41 bits per heavy atom. The summed E-state index contributed by atoms with van der Waals surface area (Å²) in [6.45, 7) is 4.25. The summed E-state index contributed by atoms with van der Waals surface area (Å²) in [6, 6.07) is 6.14. The van der Waals surface area contributed by atoms with Crippen molar-refractivity contribution < 1.29 is 13.9 Å². The molecule has 0 amide bonds. The Hall–Kier alpha value is -1.60. The van der Waals surface area contributed by atoms with Crippen LogP contribution in [0.25, 0.3) is 0 Å². The minimum atomic E-state index is -0.559. The minimum Gasteiger partial charge on any atom is -0.492 e. The summed E-state index contributed by atoms with van der Waals surface area (Å²) in [5.74, 6) is -0.282. The van der Waals surface area contributed by atoms with Crippen molar-refractivity contribution in [1.29, 1.82) is 5.26 Å². The SMILES string of the molecule is COC(C)(C)CCOc1cccc(F)c1C#N. The summed E-state index contributed by atoms with van der Waals surface area (Å²) >= 11 is 0. The lowest BCUT2D eigenvalue weighted by molar-refractivity contribution is 0.00541. The third-order valence-electron chi connectivity index (χ3n) is 2.60. The second kappa shape index (κ2) is 5.65. The Morgan fingerprint density at radius 3 is 2.71 bits per heavy atom. The molecule has 0 radical (unpaired) electrons. The summed E-state index contributed by atoms with van der Waals surface area (Å²) in [4.78, 5) is 0. The first-order valence-electron chi connectivity index (χ1n) is 5.37. The molecule has 1 aromatic rings. The first kappa shape index (κ1) is 13.5. The van der Waals surface area contributed by atoms with Gasteiger partial charge in [0.05, 0.1) is 12.2 Å². The first-order chi connectivity index (χ1) is 8.00. The molecule has 92 valence electrons. The minimum absolute atomic E-state index is 0.0530. The van der Waals surface area contributed by atoms with Crippen molar-refractivity contribution in [3.63, 3.8) is 0 Å². The molecule has 17 heavy (non-hydrogen) atoms. The predicted molar refractivity (Wildman–Crippen MR) is 62.3 cm³/mol. The maximum atomic E-state index is 13.3. The summed E-state index contributed by atoms with van der Waals surface area (Å²) in [5, 5.41) is 8.81. The van der Waals surface area contributed by atoms with Crippen LogP contribution >= 0.6 is 0 Å². The number of nitriles is 1. The Balaban J connectivity index is 2.65. The maximum Gasteiger partial charge on any atom is 0.144 e. The van der Waals surface area contributed by atoms with Gasteiger partial charge in [0.1, 0.15) is 23.2 Å². The van der Waals surface area contributed by atoms with Crippen LogP contribution in [0, 0.1) is 17.1 Å². The Labute approximate surface area is 101 Å². The van der Waals surface area contributed by atoms with E-state index in [9.17, 15) is 4.39 Å².